The molecule has 0 aromatic heterocycles. The Morgan fingerprint density at radius 2 is 2.36 bits per heavy atom. The van der Waals surface area contributed by atoms with Crippen LogP contribution in [0, 0.1) is 0 Å². The number of hydrogen-bond acceptors (Lipinski definition) is 2. The highest BCUT2D eigenvalue weighted by Crippen LogP contribution is 2.49. The molecule has 1 fully saturated rings. The molecule has 1 saturated carbocycles. The standard InChI is InChI=1S/C10H10ClNO2/c11-7-3-1-2-6(4-7)8-5-10(8,12)9(13)14/h1-4,8H,5,12H2,(H,13,14)/t8-,10+/m0/s1. The summed E-state index contributed by atoms with van der Waals surface area (Å²) < 4.78 is 0. The quantitative estimate of drug-likeness (QED) is 0.781. The van der Waals surface area contributed by atoms with E-state index >= 15 is 0 Å². The van der Waals surface area contributed by atoms with Crippen molar-refractivity contribution < 1.29 is 9.90 Å². The summed E-state index contributed by atoms with van der Waals surface area (Å²) in [4.78, 5) is 10.8. The molecule has 2 rings (SSSR count). The Hall–Kier alpha value is -1.06. The van der Waals surface area contributed by atoms with Gasteiger partial charge >= 0.3 is 5.97 Å². The van der Waals surface area contributed by atoms with E-state index in [1.54, 1.807) is 18.2 Å². The van der Waals surface area contributed by atoms with Gasteiger partial charge in [0.25, 0.3) is 0 Å². The Morgan fingerprint density at radius 3 is 2.86 bits per heavy atom. The summed E-state index contributed by atoms with van der Waals surface area (Å²) in [6, 6.07) is 7.18. The van der Waals surface area contributed by atoms with Gasteiger partial charge in [0, 0.05) is 10.9 Å². The molecule has 0 aliphatic heterocycles. The van der Waals surface area contributed by atoms with Gasteiger partial charge in [-0.25, -0.2) is 0 Å². The molecule has 0 amide bonds. The number of aliphatic carboxylic acids is 1. The Labute approximate surface area is 86.5 Å². The second-order valence-corrected chi connectivity index (χ2v) is 4.09. The number of hydrogen-bond donors (Lipinski definition) is 2. The van der Waals surface area contributed by atoms with Crippen molar-refractivity contribution in [2.24, 2.45) is 5.73 Å². The topological polar surface area (TPSA) is 63.3 Å². The SMILES string of the molecule is N[C@]1(C(=O)O)C[C@H]1c1cccc(Cl)c1. The third-order valence-electron chi connectivity index (χ3n) is 2.65. The van der Waals surface area contributed by atoms with Gasteiger partial charge in [-0.3, -0.25) is 4.79 Å². The second kappa shape index (κ2) is 2.97. The molecular weight excluding hydrogens is 202 g/mol. The van der Waals surface area contributed by atoms with E-state index in [0.29, 0.717) is 11.4 Å². The molecule has 74 valence electrons. The first-order valence-corrected chi connectivity index (χ1v) is 4.69. The molecule has 0 radical (unpaired) electrons. The molecule has 2 atom stereocenters. The van der Waals surface area contributed by atoms with E-state index < -0.39 is 11.5 Å². The fraction of sp³-hybridized carbons (Fsp3) is 0.300. The van der Waals surface area contributed by atoms with Crippen LogP contribution in [-0.4, -0.2) is 16.6 Å². The Kier molecular flexibility index (Phi) is 2.01. The number of benzene rings is 1. The largest absolute Gasteiger partial charge is 0.480 e. The summed E-state index contributed by atoms with van der Waals surface area (Å²) >= 11 is 5.80. The van der Waals surface area contributed by atoms with Crippen LogP contribution in [0.4, 0.5) is 0 Å². The lowest BCUT2D eigenvalue weighted by Crippen LogP contribution is -2.34. The van der Waals surface area contributed by atoms with Gasteiger partial charge in [-0.2, -0.15) is 0 Å². The third-order valence-corrected chi connectivity index (χ3v) is 2.89. The molecule has 1 aromatic carbocycles. The predicted molar refractivity (Wildman–Crippen MR) is 53.4 cm³/mol. The van der Waals surface area contributed by atoms with Crippen molar-refractivity contribution in [1.29, 1.82) is 0 Å². The fourth-order valence-electron chi connectivity index (χ4n) is 1.65. The highest BCUT2D eigenvalue weighted by atomic mass is 35.5. The summed E-state index contributed by atoms with van der Waals surface area (Å²) in [5.41, 5.74) is 5.50. The molecule has 3 nitrogen and oxygen atoms in total. The van der Waals surface area contributed by atoms with Crippen molar-refractivity contribution in [3.63, 3.8) is 0 Å². The Morgan fingerprint density at radius 1 is 1.64 bits per heavy atom. The lowest BCUT2D eigenvalue weighted by Gasteiger charge is -2.05. The van der Waals surface area contributed by atoms with E-state index in [0.717, 1.165) is 5.56 Å². The van der Waals surface area contributed by atoms with Crippen molar-refractivity contribution in [1.82, 2.24) is 0 Å². The van der Waals surface area contributed by atoms with Gasteiger partial charge in [0.1, 0.15) is 5.54 Å². The number of carbonyl (C=O) groups is 1. The van der Waals surface area contributed by atoms with E-state index in [1.807, 2.05) is 6.07 Å². The van der Waals surface area contributed by atoms with Crippen LogP contribution in [0.1, 0.15) is 17.9 Å². The van der Waals surface area contributed by atoms with Crippen LogP contribution in [-0.2, 0) is 4.79 Å². The molecule has 0 unspecified atom stereocenters. The van der Waals surface area contributed by atoms with Crippen molar-refractivity contribution in [2.45, 2.75) is 17.9 Å². The van der Waals surface area contributed by atoms with Crippen LogP contribution < -0.4 is 5.73 Å². The van der Waals surface area contributed by atoms with Crippen LogP contribution in [0.5, 0.6) is 0 Å². The number of carboxylic acids is 1. The maximum atomic E-state index is 10.8. The minimum Gasteiger partial charge on any atom is -0.480 e. The smallest absolute Gasteiger partial charge is 0.324 e. The maximum Gasteiger partial charge on any atom is 0.324 e. The van der Waals surface area contributed by atoms with E-state index in [2.05, 4.69) is 0 Å². The molecule has 3 N–H and O–H groups in total. The van der Waals surface area contributed by atoms with E-state index in [-0.39, 0.29) is 5.92 Å². The number of carboxylic acid groups (broad SMARTS) is 1. The summed E-state index contributed by atoms with van der Waals surface area (Å²) in [7, 11) is 0. The van der Waals surface area contributed by atoms with Gasteiger partial charge in [-0.15, -0.1) is 0 Å². The van der Waals surface area contributed by atoms with Gasteiger partial charge in [0.2, 0.25) is 0 Å². The molecule has 14 heavy (non-hydrogen) atoms. The molecular formula is C10H10ClNO2. The molecule has 4 heteroatoms. The molecule has 1 aliphatic carbocycles. The average Bonchev–Trinajstić information content (AvgIpc) is 2.80. The maximum absolute atomic E-state index is 10.8. The average molecular weight is 212 g/mol. The van der Waals surface area contributed by atoms with Crippen LogP contribution in [0.25, 0.3) is 0 Å². The zero-order valence-corrected chi connectivity index (χ0v) is 8.16. The molecule has 0 bridgehead atoms. The van der Waals surface area contributed by atoms with Crippen molar-refractivity contribution in [3.8, 4) is 0 Å². The second-order valence-electron chi connectivity index (χ2n) is 3.66. The molecule has 0 heterocycles. The normalized spacial score (nSPS) is 30.0. The lowest BCUT2D eigenvalue weighted by atomic mass is 10.1. The zero-order chi connectivity index (χ0) is 10.3. The summed E-state index contributed by atoms with van der Waals surface area (Å²) in [6.45, 7) is 0. The van der Waals surface area contributed by atoms with Crippen LogP contribution in [0.3, 0.4) is 0 Å². The molecule has 1 aliphatic rings. The van der Waals surface area contributed by atoms with Crippen molar-refractivity contribution >= 4 is 17.6 Å². The minimum absolute atomic E-state index is 0.0984. The summed E-state index contributed by atoms with van der Waals surface area (Å²) in [5.74, 6) is -1.04. The molecule has 0 saturated heterocycles. The van der Waals surface area contributed by atoms with Crippen LogP contribution >= 0.6 is 11.6 Å². The van der Waals surface area contributed by atoms with Gasteiger partial charge in [-0.05, 0) is 24.1 Å². The molecule has 0 spiro atoms. The van der Waals surface area contributed by atoms with E-state index in [9.17, 15) is 4.79 Å². The summed E-state index contributed by atoms with van der Waals surface area (Å²) in [6.07, 6.45) is 0.489. The van der Waals surface area contributed by atoms with Gasteiger partial charge < -0.3 is 10.8 Å². The van der Waals surface area contributed by atoms with E-state index in [4.69, 9.17) is 22.4 Å². The minimum atomic E-state index is -1.08. The first kappa shape index (κ1) is 9.49. The first-order valence-electron chi connectivity index (χ1n) is 4.32. The number of rotatable bonds is 2. The number of nitrogens with two attached hydrogens (primary N) is 1. The predicted octanol–water partition coefficient (Wildman–Crippen LogP) is 1.61. The van der Waals surface area contributed by atoms with Crippen LogP contribution in [0.15, 0.2) is 24.3 Å². The molecule has 1 aromatic rings. The van der Waals surface area contributed by atoms with Crippen LogP contribution in [0.2, 0.25) is 5.02 Å². The zero-order valence-electron chi connectivity index (χ0n) is 7.40. The highest BCUT2D eigenvalue weighted by Gasteiger charge is 2.58. The Balaban J connectivity index is 2.25. The Bertz CT molecular complexity index is 393. The lowest BCUT2D eigenvalue weighted by molar-refractivity contribution is -0.139. The number of halogens is 1. The monoisotopic (exact) mass is 211 g/mol. The van der Waals surface area contributed by atoms with Gasteiger partial charge in [0.05, 0.1) is 0 Å². The van der Waals surface area contributed by atoms with Gasteiger partial charge in [-0.1, -0.05) is 23.7 Å². The first-order chi connectivity index (χ1) is 6.54. The van der Waals surface area contributed by atoms with Crippen molar-refractivity contribution in [3.05, 3.63) is 34.9 Å². The fourth-order valence-corrected chi connectivity index (χ4v) is 1.85. The van der Waals surface area contributed by atoms with Crippen molar-refractivity contribution in [2.75, 3.05) is 0 Å². The highest BCUT2D eigenvalue weighted by molar-refractivity contribution is 6.30. The third kappa shape index (κ3) is 1.38. The van der Waals surface area contributed by atoms with Gasteiger partial charge in [0.15, 0.2) is 0 Å². The summed E-state index contributed by atoms with van der Waals surface area (Å²) in [5, 5.41) is 9.47. The van der Waals surface area contributed by atoms with E-state index in [1.165, 1.54) is 0 Å².